The fraction of sp³-hybridized carbons (Fsp3) is 0.786. The lowest BCUT2D eigenvalue weighted by Crippen LogP contribution is -2.35. The van der Waals surface area contributed by atoms with Gasteiger partial charge in [0.1, 0.15) is 0 Å². The van der Waals surface area contributed by atoms with Gasteiger partial charge in [0.05, 0.1) is 5.92 Å². The lowest BCUT2D eigenvalue weighted by Gasteiger charge is -2.24. The summed E-state index contributed by atoms with van der Waals surface area (Å²) in [4.78, 5) is 14.2. The van der Waals surface area contributed by atoms with Gasteiger partial charge < -0.3 is 4.90 Å². The molecule has 0 aromatic heterocycles. The maximum atomic E-state index is 12.3. The second kappa shape index (κ2) is 6.72. The molecule has 0 bridgehead atoms. The van der Waals surface area contributed by atoms with Crippen LogP contribution >= 0.6 is 0 Å². The number of allylic oxidation sites excluding steroid dienone is 1. The Hall–Kier alpha value is -0.790. The van der Waals surface area contributed by atoms with Gasteiger partial charge in [0, 0.05) is 13.1 Å². The predicted octanol–water partition coefficient (Wildman–Crippen LogP) is 3.38. The number of carbonyl (C=O) groups is 1. The number of amides is 1. The first kappa shape index (κ1) is 13.3. The van der Waals surface area contributed by atoms with Crippen LogP contribution in [-0.4, -0.2) is 23.9 Å². The van der Waals surface area contributed by atoms with Crippen LogP contribution in [0.2, 0.25) is 0 Å². The van der Waals surface area contributed by atoms with Gasteiger partial charge in [-0.2, -0.15) is 0 Å². The molecule has 0 spiro atoms. The number of unbranched alkanes of at least 4 members (excludes halogenated alkanes) is 2. The molecule has 0 radical (unpaired) electrons. The number of hydrogen-bond acceptors (Lipinski definition) is 1. The molecule has 0 heterocycles. The van der Waals surface area contributed by atoms with E-state index in [1.165, 1.54) is 24.8 Å². The summed E-state index contributed by atoms with van der Waals surface area (Å²) in [6, 6.07) is 0. The zero-order valence-electron chi connectivity index (χ0n) is 11.0. The number of rotatable bonds is 8. The third-order valence-electron chi connectivity index (χ3n) is 3.36. The van der Waals surface area contributed by atoms with E-state index in [0.717, 1.165) is 25.9 Å². The summed E-state index contributed by atoms with van der Waals surface area (Å²) in [5.74, 6) is 0.552. The lowest BCUT2D eigenvalue weighted by molar-refractivity contribution is -0.134. The maximum absolute atomic E-state index is 12.3. The van der Waals surface area contributed by atoms with Crippen molar-refractivity contribution in [1.29, 1.82) is 0 Å². The molecule has 0 N–H and O–H groups in total. The molecule has 92 valence electrons. The molecule has 0 aliphatic heterocycles. The van der Waals surface area contributed by atoms with E-state index in [-0.39, 0.29) is 5.92 Å². The first-order valence-corrected chi connectivity index (χ1v) is 6.72. The Kier molecular flexibility index (Phi) is 5.58. The van der Waals surface area contributed by atoms with Gasteiger partial charge in [-0.05, 0) is 26.7 Å². The topological polar surface area (TPSA) is 20.3 Å². The molecule has 0 aromatic rings. The average Bonchev–Trinajstić information content (AvgIpc) is 3.10. The molecule has 1 unspecified atom stereocenters. The van der Waals surface area contributed by atoms with Crippen LogP contribution in [0.3, 0.4) is 0 Å². The minimum atomic E-state index is 0.200. The average molecular weight is 223 g/mol. The Morgan fingerprint density at radius 2 is 1.94 bits per heavy atom. The van der Waals surface area contributed by atoms with Gasteiger partial charge in [-0.1, -0.05) is 37.8 Å². The minimum Gasteiger partial charge on any atom is -0.343 e. The normalized spacial score (nSPS) is 15.6. The highest BCUT2D eigenvalue weighted by molar-refractivity contribution is 5.82. The van der Waals surface area contributed by atoms with E-state index in [9.17, 15) is 4.79 Å². The first-order chi connectivity index (χ1) is 7.74. The van der Waals surface area contributed by atoms with E-state index in [0.29, 0.717) is 5.91 Å². The van der Waals surface area contributed by atoms with E-state index in [1.54, 1.807) is 0 Å². The summed E-state index contributed by atoms with van der Waals surface area (Å²) in [6.07, 6.45) is 7.99. The van der Waals surface area contributed by atoms with E-state index in [1.807, 2.05) is 4.90 Å². The Morgan fingerprint density at radius 1 is 1.31 bits per heavy atom. The third kappa shape index (κ3) is 3.66. The molecule has 0 saturated carbocycles. The molecule has 1 atom stereocenters. The van der Waals surface area contributed by atoms with Crippen LogP contribution < -0.4 is 0 Å². The van der Waals surface area contributed by atoms with Crippen LogP contribution in [0.5, 0.6) is 0 Å². The van der Waals surface area contributed by atoms with Crippen molar-refractivity contribution in [3.05, 3.63) is 11.6 Å². The third-order valence-corrected chi connectivity index (χ3v) is 3.36. The Balaban J connectivity index is 2.48. The van der Waals surface area contributed by atoms with Gasteiger partial charge >= 0.3 is 0 Å². The molecule has 2 nitrogen and oxygen atoms in total. The summed E-state index contributed by atoms with van der Waals surface area (Å²) < 4.78 is 0. The van der Waals surface area contributed by atoms with Crippen molar-refractivity contribution in [2.24, 2.45) is 5.92 Å². The number of hydrogen-bond donors (Lipinski definition) is 0. The molecule has 1 amide bonds. The van der Waals surface area contributed by atoms with Crippen LogP contribution in [-0.2, 0) is 4.79 Å². The van der Waals surface area contributed by atoms with Crippen molar-refractivity contribution < 1.29 is 4.79 Å². The molecule has 1 aliphatic carbocycles. The predicted molar refractivity (Wildman–Crippen MR) is 68.3 cm³/mol. The smallest absolute Gasteiger partial charge is 0.229 e. The van der Waals surface area contributed by atoms with Crippen molar-refractivity contribution in [2.45, 2.75) is 52.9 Å². The Labute approximate surface area is 99.7 Å². The maximum Gasteiger partial charge on any atom is 0.229 e. The van der Waals surface area contributed by atoms with Gasteiger partial charge in [0.2, 0.25) is 5.91 Å². The quantitative estimate of drug-likeness (QED) is 0.456. The van der Waals surface area contributed by atoms with E-state index < -0.39 is 0 Å². The number of carbonyl (C=O) groups excluding carboxylic acids is 1. The lowest BCUT2D eigenvalue weighted by atomic mass is 9.96. The molecule has 0 aromatic carbocycles. The zero-order valence-corrected chi connectivity index (χ0v) is 11.0. The second-order valence-corrected chi connectivity index (χ2v) is 4.54. The van der Waals surface area contributed by atoms with Crippen molar-refractivity contribution >= 4 is 5.91 Å². The highest BCUT2D eigenvalue weighted by Crippen LogP contribution is 2.32. The van der Waals surface area contributed by atoms with Crippen molar-refractivity contribution in [1.82, 2.24) is 4.90 Å². The van der Waals surface area contributed by atoms with E-state index in [4.69, 9.17) is 0 Å². The molecular formula is C14H25NO. The van der Waals surface area contributed by atoms with E-state index >= 15 is 0 Å². The van der Waals surface area contributed by atoms with Crippen molar-refractivity contribution in [2.75, 3.05) is 13.1 Å². The second-order valence-electron chi connectivity index (χ2n) is 4.54. The first-order valence-electron chi connectivity index (χ1n) is 6.72. The summed E-state index contributed by atoms with van der Waals surface area (Å²) >= 11 is 0. The Morgan fingerprint density at radius 3 is 2.38 bits per heavy atom. The summed E-state index contributed by atoms with van der Waals surface area (Å²) in [7, 11) is 0. The van der Waals surface area contributed by atoms with Gasteiger partial charge in [-0.3, -0.25) is 4.79 Å². The summed E-state index contributed by atoms with van der Waals surface area (Å²) in [5.41, 5.74) is 1.38. The van der Waals surface area contributed by atoms with Crippen molar-refractivity contribution in [3.8, 4) is 0 Å². The Bertz CT molecular complexity index is 253. The molecule has 0 saturated heterocycles. The fourth-order valence-corrected chi connectivity index (χ4v) is 2.17. The summed E-state index contributed by atoms with van der Waals surface area (Å²) in [5, 5.41) is 0. The van der Waals surface area contributed by atoms with Gasteiger partial charge in [0.15, 0.2) is 0 Å². The molecular weight excluding hydrogens is 198 g/mol. The largest absolute Gasteiger partial charge is 0.343 e. The standard InChI is InChI=1S/C14H25NO/c1-4-7-8-9-13(12-10-11-12)14(16)15(5-2)6-3/h10,13H,4-9,11H2,1-3H3. The van der Waals surface area contributed by atoms with Crippen LogP contribution in [0.1, 0.15) is 52.9 Å². The van der Waals surface area contributed by atoms with Gasteiger partial charge in [-0.15, -0.1) is 0 Å². The highest BCUT2D eigenvalue weighted by Gasteiger charge is 2.29. The van der Waals surface area contributed by atoms with Crippen LogP contribution in [0.4, 0.5) is 0 Å². The van der Waals surface area contributed by atoms with E-state index in [2.05, 4.69) is 26.8 Å². The van der Waals surface area contributed by atoms with Crippen LogP contribution in [0.15, 0.2) is 11.6 Å². The molecule has 2 heteroatoms. The van der Waals surface area contributed by atoms with Crippen LogP contribution in [0, 0.1) is 5.92 Å². The fourth-order valence-electron chi connectivity index (χ4n) is 2.17. The highest BCUT2D eigenvalue weighted by atomic mass is 16.2. The minimum absolute atomic E-state index is 0.200. The van der Waals surface area contributed by atoms with Crippen LogP contribution in [0.25, 0.3) is 0 Å². The van der Waals surface area contributed by atoms with Gasteiger partial charge in [0.25, 0.3) is 0 Å². The molecule has 1 aliphatic rings. The zero-order chi connectivity index (χ0) is 12.0. The number of nitrogens with zero attached hydrogens (tertiary/aromatic N) is 1. The molecule has 1 rings (SSSR count). The summed E-state index contributed by atoms with van der Waals surface area (Å²) in [6.45, 7) is 8.01. The van der Waals surface area contributed by atoms with Gasteiger partial charge in [-0.25, -0.2) is 0 Å². The monoisotopic (exact) mass is 223 g/mol. The molecule has 0 fully saturated rings. The molecule has 16 heavy (non-hydrogen) atoms. The SMILES string of the molecule is CCCCCC(C(=O)N(CC)CC)C1=CC1. The van der Waals surface area contributed by atoms with Crippen molar-refractivity contribution in [3.63, 3.8) is 0 Å².